The lowest BCUT2D eigenvalue weighted by atomic mass is 9.82. The first-order chi connectivity index (χ1) is 10.9. The SMILES string of the molecule is CCN(C(=O)C1CC(=O)c2ccccc2C1)C1CCS(=O)(=O)C1. The van der Waals surface area contributed by atoms with Gasteiger partial charge in [-0.05, 0) is 25.3 Å². The van der Waals surface area contributed by atoms with E-state index in [4.69, 9.17) is 0 Å². The fourth-order valence-corrected chi connectivity index (χ4v) is 5.40. The number of carbonyl (C=O) groups excluding carboxylic acids is 2. The van der Waals surface area contributed by atoms with Gasteiger partial charge in [-0.25, -0.2) is 8.42 Å². The summed E-state index contributed by atoms with van der Waals surface area (Å²) in [6.45, 7) is 2.34. The Hall–Kier alpha value is -1.69. The third kappa shape index (κ3) is 3.17. The van der Waals surface area contributed by atoms with Gasteiger partial charge in [-0.2, -0.15) is 0 Å². The van der Waals surface area contributed by atoms with Crippen molar-refractivity contribution in [3.63, 3.8) is 0 Å². The van der Waals surface area contributed by atoms with Crippen molar-refractivity contribution in [1.82, 2.24) is 4.90 Å². The van der Waals surface area contributed by atoms with Gasteiger partial charge in [0, 0.05) is 30.5 Å². The lowest BCUT2D eigenvalue weighted by Crippen LogP contribution is -2.45. The number of hydrogen-bond acceptors (Lipinski definition) is 4. The van der Waals surface area contributed by atoms with Gasteiger partial charge in [0.2, 0.25) is 5.91 Å². The summed E-state index contributed by atoms with van der Waals surface area (Å²) in [5, 5.41) is 0. The summed E-state index contributed by atoms with van der Waals surface area (Å²) in [5.41, 5.74) is 1.63. The second kappa shape index (κ2) is 6.07. The number of sulfone groups is 1. The Bertz CT molecular complexity index is 741. The first-order valence-electron chi connectivity index (χ1n) is 8.03. The van der Waals surface area contributed by atoms with Crippen molar-refractivity contribution in [3.8, 4) is 0 Å². The van der Waals surface area contributed by atoms with Crippen molar-refractivity contribution in [2.45, 2.75) is 32.2 Å². The molecule has 1 fully saturated rings. The Kier molecular flexibility index (Phi) is 4.27. The average Bonchev–Trinajstić information content (AvgIpc) is 2.87. The first-order valence-corrected chi connectivity index (χ1v) is 9.85. The summed E-state index contributed by atoms with van der Waals surface area (Å²) >= 11 is 0. The molecule has 124 valence electrons. The van der Waals surface area contributed by atoms with Crippen LogP contribution < -0.4 is 0 Å². The maximum absolute atomic E-state index is 12.9. The summed E-state index contributed by atoms with van der Waals surface area (Å²) in [6, 6.07) is 7.16. The molecule has 6 heteroatoms. The molecule has 0 saturated carbocycles. The highest BCUT2D eigenvalue weighted by Crippen LogP contribution is 2.28. The molecule has 2 atom stereocenters. The summed E-state index contributed by atoms with van der Waals surface area (Å²) in [5.74, 6) is -0.268. The largest absolute Gasteiger partial charge is 0.339 e. The predicted octanol–water partition coefficient (Wildman–Crippen LogP) is 1.47. The molecule has 1 aromatic carbocycles. The third-order valence-electron chi connectivity index (χ3n) is 4.84. The van der Waals surface area contributed by atoms with Crippen LogP contribution in [0.15, 0.2) is 24.3 Å². The van der Waals surface area contributed by atoms with Crippen LogP contribution in [-0.4, -0.2) is 49.1 Å². The Morgan fingerprint density at radius 1 is 1.26 bits per heavy atom. The smallest absolute Gasteiger partial charge is 0.226 e. The van der Waals surface area contributed by atoms with Gasteiger partial charge in [-0.15, -0.1) is 0 Å². The summed E-state index contributed by atoms with van der Waals surface area (Å²) in [4.78, 5) is 26.8. The molecular weight excluding hydrogens is 314 g/mol. The molecule has 3 rings (SSSR count). The Balaban J connectivity index is 1.79. The molecule has 1 aliphatic carbocycles. The maximum Gasteiger partial charge on any atom is 0.226 e. The van der Waals surface area contributed by atoms with Gasteiger partial charge in [-0.1, -0.05) is 24.3 Å². The van der Waals surface area contributed by atoms with Crippen LogP contribution in [0.3, 0.4) is 0 Å². The van der Waals surface area contributed by atoms with Crippen LogP contribution in [0, 0.1) is 5.92 Å². The molecule has 5 nitrogen and oxygen atoms in total. The fourth-order valence-electron chi connectivity index (χ4n) is 3.67. The third-order valence-corrected chi connectivity index (χ3v) is 6.59. The summed E-state index contributed by atoms with van der Waals surface area (Å²) in [6.07, 6.45) is 1.27. The molecule has 0 bridgehead atoms. The number of amides is 1. The van der Waals surface area contributed by atoms with E-state index in [2.05, 4.69) is 0 Å². The molecule has 0 N–H and O–H groups in total. The van der Waals surface area contributed by atoms with Gasteiger partial charge in [0.15, 0.2) is 15.6 Å². The number of carbonyl (C=O) groups is 2. The maximum atomic E-state index is 12.9. The number of rotatable bonds is 3. The monoisotopic (exact) mass is 335 g/mol. The predicted molar refractivity (Wildman–Crippen MR) is 87.0 cm³/mol. The highest BCUT2D eigenvalue weighted by molar-refractivity contribution is 7.91. The first kappa shape index (κ1) is 16.2. The molecule has 1 saturated heterocycles. The van der Waals surface area contributed by atoms with E-state index >= 15 is 0 Å². The van der Waals surface area contributed by atoms with E-state index in [0.29, 0.717) is 24.9 Å². The van der Waals surface area contributed by atoms with Gasteiger partial charge in [0.05, 0.1) is 11.5 Å². The van der Waals surface area contributed by atoms with Crippen LogP contribution in [0.4, 0.5) is 0 Å². The van der Waals surface area contributed by atoms with E-state index in [1.54, 1.807) is 11.0 Å². The van der Waals surface area contributed by atoms with E-state index in [9.17, 15) is 18.0 Å². The van der Waals surface area contributed by atoms with E-state index in [1.165, 1.54) is 0 Å². The highest BCUT2D eigenvalue weighted by atomic mass is 32.2. The zero-order valence-electron chi connectivity index (χ0n) is 13.2. The zero-order chi connectivity index (χ0) is 16.6. The van der Waals surface area contributed by atoms with Gasteiger partial charge >= 0.3 is 0 Å². The van der Waals surface area contributed by atoms with Gasteiger partial charge in [0.1, 0.15) is 0 Å². The zero-order valence-corrected chi connectivity index (χ0v) is 14.0. The van der Waals surface area contributed by atoms with Crippen LogP contribution in [0.2, 0.25) is 0 Å². The molecule has 1 heterocycles. The lowest BCUT2D eigenvalue weighted by molar-refractivity contribution is -0.137. The van der Waals surface area contributed by atoms with E-state index in [0.717, 1.165) is 5.56 Å². The minimum Gasteiger partial charge on any atom is -0.339 e. The van der Waals surface area contributed by atoms with Crippen LogP contribution in [0.25, 0.3) is 0 Å². The molecule has 2 unspecified atom stereocenters. The van der Waals surface area contributed by atoms with Gasteiger partial charge < -0.3 is 4.90 Å². The average molecular weight is 335 g/mol. The molecule has 1 aromatic rings. The lowest BCUT2D eigenvalue weighted by Gasteiger charge is -2.32. The van der Waals surface area contributed by atoms with Crippen molar-refractivity contribution < 1.29 is 18.0 Å². The molecule has 0 radical (unpaired) electrons. The molecule has 1 aliphatic heterocycles. The number of fused-ring (bicyclic) bond motifs is 1. The Morgan fingerprint density at radius 3 is 2.65 bits per heavy atom. The number of ketones is 1. The van der Waals surface area contributed by atoms with Crippen molar-refractivity contribution in [1.29, 1.82) is 0 Å². The molecule has 0 spiro atoms. The van der Waals surface area contributed by atoms with E-state index < -0.39 is 9.84 Å². The van der Waals surface area contributed by atoms with Gasteiger partial charge in [0.25, 0.3) is 0 Å². The van der Waals surface area contributed by atoms with Crippen molar-refractivity contribution in [2.24, 2.45) is 5.92 Å². The Morgan fingerprint density at radius 2 is 2.00 bits per heavy atom. The van der Waals surface area contributed by atoms with Crippen LogP contribution in [-0.2, 0) is 21.1 Å². The number of Topliss-reactive ketones (excluding diaryl/α,β-unsaturated/α-hetero) is 1. The van der Waals surface area contributed by atoms with Gasteiger partial charge in [-0.3, -0.25) is 9.59 Å². The molecule has 1 amide bonds. The molecule has 0 aromatic heterocycles. The fraction of sp³-hybridized carbons (Fsp3) is 0.529. The van der Waals surface area contributed by atoms with E-state index in [-0.39, 0.29) is 41.6 Å². The highest BCUT2D eigenvalue weighted by Gasteiger charge is 2.38. The second-order valence-corrected chi connectivity index (χ2v) is 8.60. The number of nitrogens with zero attached hydrogens (tertiary/aromatic N) is 1. The van der Waals surface area contributed by atoms with E-state index in [1.807, 2.05) is 25.1 Å². The standard InChI is InChI=1S/C17H21NO4S/c1-2-18(14-7-8-23(21,22)11-14)17(20)13-9-12-5-3-4-6-15(12)16(19)10-13/h3-6,13-14H,2,7-11H2,1H3. The molecular formula is C17H21NO4S. The van der Waals surface area contributed by atoms with Crippen molar-refractivity contribution >= 4 is 21.5 Å². The Labute approximate surface area is 136 Å². The summed E-state index contributed by atoms with van der Waals surface area (Å²) in [7, 11) is -3.04. The number of hydrogen-bond donors (Lipinski definition) is 0. The van der Waals surface area contributed by atoms with Crippen LogP contribution in [0.1, 0.15) is 35.7 Å². The molecule has 23 heavy (non-hydrogen) atoms. The summed E-state index contributed by atoms with van der Waals surface area (Å²) < 4.78 is 23.4. The molecule has 2 aliphatic rings. The van der Waals surface area contributed by atoms with Crippen molar-refractivity contribution in [2.75, 3.05) is 18.1 Å². The quantitative estimate of drug-likeness (QED) is 0.838. The minimum atomic E-state index is -3.04. The normalized spacial score (nSPS) is 25.9. The minimum absolute atomic E-state index is 0.000275. The number of benzene rings is 1. The van der Waals surface area contributed by atoms with Crippen molar-refractivity contribution in [3.05, 3.63) is 35.4 Å². The van der Waals surface area contributed by atoms with Crippen LogP contribution in [0.5, 0.6) is 0 Å². The topological polar surface area (TPSA) is 71.5 Å². The second-order valence-electron chi connectivity index (χ2n) is 6.37. The van der Waals surface area contributed by atoms with Crippen LogP contribution >= 0.6 is 0 Å².